The molecule has 0 aliphatic heterocycles. The normalized spacial score (nSPS) is 10.6. The third kappa shape index (κ3) is 2.26. The van der Waals surface area contributed by atoms with E-state index in [0.717, 1.165) is 10.9 Å². The summed E-state index contributed by atoms with van der Waals surface area (Å²) in [6.45, 7) is 0.0597. The van der Waals surface area contributed by atoms with Crippen LogP contribution in [0, 0.1) is 0 Å². The predicted molar refractivity (Wildman–Crippen MR) is 79.0 cm³/mol. The molecule has 3 nitrogen and oxygen atoms in total. The van der Waals surface area contributed by atoms with Crippen molar-refractivity contribution in [2.24, 2.45) is 0 Å². The van der Waals surface area contributed by atoms with Crippen molar-refractivity contribution in [3.05, 3.63) is 82.6 Å². The maximum Gasteiger partial charge on any atom is 0.251 e. The molecule has 20 heavy (non-hydrogen) atoms. The molecule has 0 bridgehead atoms. The van der Waals surface area contributed by atoms with Crippen molar-refractivity contribution in [3.8, 4) is 0 Å². The highest BCUT2D eigenvalue weighted by atomic mass is 16.1. The zero-order chi connectivity index (χ0) is 13.9. The van der Waals surface area contributed by atoms with E-state index in [1.54, 1.807) is 18.2 Å². The zero-order valence-corrected chi connectivity index (χ0v) is 10.8. The summed E-state index contributed by atoms with van der Waals surface area (Å²) in [4.78, 5) is 24.3. The van der Waals surface area contributed by atoms with Gasteiger partial charge in [-0.05, 0) is 17.5 Å². The van der Waals surface area contributed by atoms with Crippen LogP contribution in [-0.4, -0.2) is 10.4 Å². The van der Waals surface area contributed by atoms with Gasteiger partial charge in [-0.15, -0.1) is 0 Å². The number of pyridine rings is 1. The molecule has 3 heteroatoms. The first kappa shape index (κ1) is 12.4. The van der Waals surface area contributed by atoms with Crippen molar-refractivity contribution in [1.29, 1.82) is 0 Å². The Morgan fingerprint density at radius 2 is 1.55 bits per heavy atom. The van der Waals surface area contributed by atoms with E-state index in [2.05, 4.69) is 0 Å². The second kappa shape index (κ2) is 5.13. The predicted octanol–water partition coefficient (Wildman–Crippen LogP) is 2.88. The summed E-state index contributed by atoms with van der Waals surface area (Å²) in [6, 6.07) is 19.9. The molecule has 0 aliphatic rings. The monoisotopic (exact) mass is 263 g/mol. The molecule has 1 heterocycles. The second-order valence-corrected chi connectivity index (χ2v) is 4.61. The molecule has 0 radical (unpaired) electrons. The molecular weight excluding hydrogens is 250 g/mol. The summed E-state index contributed by atoms with van der Waals surface area (Å²) < 4.78 is 1.52. The number of para-hydroxylation sites is 1. The lowest BCUT2D eigenvalue weighted by molar-refractivity contribution is 0.0972. The van der Waals surface area contributed by atoms with Gasteiger partial charge in [0.05, 0.1) is 12.1 Å². The van der Waals surface area contributed by atoms with Crippen LogP contribution in [0.3, 0.4) is 0 Å². The fraction of sp³-hybridized carbons (Fsp3) is 0.0588. The van der Waals surface area contributed by atoms with E-state index in [1.807, 2.05) is 42.5 Å². The van der Waals surface area contributed by atoms with Crippen LogP contribution in [0.1, 0.15) is 10.4 Å². The minimum atomic E-state index is -0.159. The molecule has 98 valence electrons. The van der Waals surface area contributed by atoms with Crippen LogP contribution in [0.4, 0.5) is 0 Å². The number of hydrogen-bond acceptors (Lipinski definition) is 2. The van der Waals surface area contributed by atoms with Gasteiger partial charge in [0.25, 0.3) is 5.56 Å². The zero-order valence-electron chi connectivity index (χ0n) is 10.8. The Labute approximate surface area is 116 Å². The van der Waals surface area contributed by atoms with Crippen molar-refractivity contribution in [2.45, 2.75) is 6.54 Å². The third-order valence-corrected chi connectivity index (χ3v) is 3.30. The quantitative estimate of drug-likeness (QED) is 0.681. The number of fused-ring (bicyclic) bond motifs is 1. The average molecular weight is 263 g/mol. The number of nitrogens with zero attached hydrogens (tertiary/aromatic N) is 1. The smallest absolute Gasteiger partial charge is 0.251 e. The maximum atomic E-state index is 12.3. The molecule has 0 amide bonds. The Balaban J connectivity index is 2.05. The van der Waals surface area contributed by atoms with Gasteiger partial charge in [-0.25, -0.2) is 0 Å². The number of ketones is 1. The van der Waals surface area contributed by atoms with Gasteiger partial charge in [0.1, 0.15) is 0 Å². The first-order chi connectivity index (χ1) is 9.75. The Morgan fingerprint density at radius 3 is 2.35 bits per heavy atom. The Kier molecular flexibility index (Phi) is 3.17. The number of aromatic nitrogens is 1. The topological polar surface area (TPSA) is 39.1 Å². The van der Waals surface area contributed by atoms with Gasteiger partial charge >= 0.3 is 0 Å². The lowest BCUT2D eigenvalue weighted by Gasteiger charge is -2.09. The number of carbonyl (C=O) groups is 1. The third-order valence-electron chi connectivity index (χ3n) is 3.30. The molecule has 0 aliphatic carbocycles. The summed E-state index contributed by atoms with van der Waals surface area (Å²) >= 11 is 0. The van der Waals surface area contributed by atoms with Gasteiger partial charge in [0, 0.05) is 11.6 Å². The van der Waals surface area contributed by atoms with Crippen molar-refractivity contribution in [2.75, 3.05) is 0 Å². The molecule has 0 saturated carbocycles. The molecule has 0 unspecified atom stereocenters. The van der Waals surface area contributed by atoms with Crippen molar-refractivity contribution < 1.29 is 4.79 Å². The van der Waals surface area contributed by atoms with Crippen molar-refractivity contribution >= 4 is 16.7 Å². The lowest BCUT2D eigenvalue weighted by Crippen LogP contribution is -2.23. The van der Waals surface area contributed by atoms with Crippen LogP contribution in [0.2, 0.25) is 0 Å². The molecule has 1 aromatic heterocycles. The van der Waals surface area contributed by atoms with Gasteiger partial charge in [-0.1, -0.05) is 48.5 Å². The number of rotatable bonds is 3. The summed E-state index contributed by atoms with van der Waals surface area (Å²) in [5, 5.41) is 0.952. The van der Waals surface area contributed by atoms with Gasteiger partial charge in [-0.3, -0.25) is 9.59 Å². The van der Waals surface area contributed by atoms with Crippen LogP contribution in [0.25, 0.3) is 10.9 Å². The highest BCUT2D eigenvalue weighted by molar-refractivity contribution is 5.96. The minimum absolute atomic E-state index is 0.0597. The van der Waals surface area contributed by atoms with Crippen molar-refractivity contribution in [1.82, 2.24) is 4.57 Å². The maximum absolute atomic E-state index is 12.3. The van der Waals surface area contributed by atoms with E-state index < -0.39 is 0 Å². The van der Waals surface area contributed by atoms with E-state index in [9.17, 15) is 9.59 Å². The number of benzene rings is 2. The van der Waals surface area contributed by atoms with Gasteiger partial charge in [0.2, 0.25) is 0 Å². The Bertz CT molecular complexity index is 819. The second-order valence-electron chi connectivity index (χ2n) is 4.61. The number of hydrogen-bond donors (Lipinski definition) is 0. The van der Waals surface area contributed by atoms with Gasteiger partial charge < -0.3 is 4.57 Å². The molecule has 0 saturated heterocycles. The van der Waals surface area contributed by atoms with Crippen LogP contribution in [0.15, 0.2) is 71.5 Å². The summed E-state index contributed by atoms with van der Waals surface area (Å²) in [7, 11) is 0. The molecular formula is C17H13NO2. The lowest BCUT2D eigenvalue weighted by atomic mass is 10.1. The number of Topliss-reactive ketones (excluding diaryl/α,β-unsaturated/α-hetero) is 1. The molecule has 0 fully saturated rings. The number of carbonyl (C=O) groups excluding carboxylic acids is 1. The minimum Gasteiger partial charge on any atom is -0.300 e. The fourth-order valence-electron chi connectivity index (χ4n) is 2.27. The summed E-state index contributed by atoms with van der Waals surface area (Å²) in [5.41, 5.74) is 1.24. The molecule has 3 rings (SSSR count). The molecule has 2 aromatic carbocycles. The van der Waals surface area contributed by atoms with Crippen LogP contribution in [-0.2, 0) is 6.54 Å². The highest BCUT2D eigenvalue weighted by Crippen LogP contribution is 2.12. The first-order valence-electron chi connectivity index (χ1n) is 6.42. The largest absolute Gasteiger partial charge is 0.300 e. The van der Waals surface area contributed by atoms with Crippen LogP contribution in [0.5, 0.6) is 0 Å². The standard InChI is InChI=1S/C17H13NO2/c19-16(14-7-2-1-3-8-14)12-18-15-9-5-4-6-13(15)10-11-17(18)20/h1-11H,12H2. The molecule has 0 atom stereocenters. The highest BCUT2D eigenvalue weighted by Gasteiger charge is 2.09. The van der Waals surface area contributed by atoms with E-state index >= 15 is 0 Å². The van der Waals surface area contributed by atoms with Gasteiger partial charge in [0.15, 0.2) is 5.78 Å². The summed E-state index contributed by atoms with van der Waals surface area (Å²) in [5.74, 6) is -0.0657. The first-order valence-corrected chi connectivity index (χ1v) is 6.42. The van der Waals surface area contributed by atoms with Crippen LogP contribution >= 0.6 is 0 Å². The van der Waals surface area contributed by atoms with Gasteiger partial charge in [-0.2, -0.15) is 0 Å². The average Bonchev–Trinajstić information content (AvgIpc) is 2.51. The van der Waals surface area contributed by atoms with Crippen molar-refractivity contribution in [3.63, 3.8) is 0 Å². The summed E-state index contributed by atoms with van der Waals surface area (Å²) in [6.07, 6.45) is 0. The molecule has 0 N–H and O–H groups in total. The fourth-order valence-corrected chi connectivity index (χ4v) is 2.27. The Morgan fingerprint density at radius 1 is 0.850 bits per heavy atom. The van der Waals surface area contributed by atoms with Crippen LogP contribution < -0.4 is 5.56 Å². The molecule has 0 spiro atoms. The van der Waals surface area contributed by atoms with E-state index in [-0.39, 0.29) is 17.9 Å². The van der Waals surface area contributed by atoms with E-state index in [4.69, 9.17) is 0 Å². The molecule has 3 aromatic rings. The Hall–Kier alpha value is -2.68. The SMILES string of the molecule is O=C(Cn1c(=O)ccc2ccccc21)c1ccccc1. The van der Waals surface area contributed by atoms with E-state index in [0.29, 0.717) is 5.56 Å². The van der Waals surface area contributed by atoms with E-state index in [1.165, 1.54) is 10.6 Å².